The maximum atomic E-state index is 11.6. The summed E-state index contributed by atoms with van der Waals surface area (Å²) in [5.41, 5.74) is 0. The Morgan fingerprint density at radius 1 is 1.44 bits per heavy atom. The highest BCUT2D eigenvalue weighted by atomic mass is 16.2. The van der Waals surface area contributed by atoms with Crippen LogP contribution in [-0.4, -0.2) is 69.7 Å². The SMILES string of the molecule is C=CC[N+](C)(C)CC(=O)NCCCN(C)C. The molecular formula is C12H26N3O+. The number of hydrogen-bond donors (Lipinski definition) is 1. The molecule has 94 valence electrons. The molecule has 0 fully saturated rings. The predicted octanol–water partition coefficient (Wildman–Crippen LogP) is 0.317. The van der Waals surface area contributed by atoms with Crippen molar-refractivity contribution in [3.05, 3.63) is 12.7 Å². The number of carbonyl (C=O) groups excluding carboxylic acids is 1. The normalized spacial score (nSPS) is 11.6. The van der Waals surface area contributed by atoms with Crippen LogP contribution in [0.15, 0.2) is 12.7 Å². The summed E-state index contributed by atoms with van der Waals surface area (Å²) in [6.45, 7) is 6.77. The van der Waals surface area contributed by atoms with Crippen molar-refractivity contribution in [3.63, 3.8) is 0 Å². The van der Waals surface area contributed by atoms with Crippen molar-refractivity contribution in [1.82, 2.24) is 10.2 Å². The average Bonchev–Trinajstić information content (AvgIpc) is 2.11. The first-order valence-electron chi connectivity index (χ1n) is 5.72. The van der Waals surface area contributed by atoms with Crippen LogP contribution < -0.4 is 5.32 Å². The Morgan fingerprint density at radius 2 is 2.06 bits per heavy atom. The summed E-state index contributed by atoms with van der Waals surface area (Å²) >= 11 is 0. The highest BCUT2D eigenvalue weighted by Crippen LogP contribution is 1.95. The highest BCUT2D eigenvalue weighted by molar-refractivity contribution is 5.77. The van der Waals surface area contributed by atoms with E-state index in [9.17, 15) is 4.79 Å². The topological polar surface area (TPSA) is 32.3 Å². The van der Waals surface area contributed by atoms with E-state index in [4.69, 9.17) is 0 Å². The summed E-state index contributed by atoms with van der Waals surface area (Å²) in [6.07, 6.45) is 2.84. The molecule has 1 N–H and O–H groups in total. The van der Waals surface area contributed by atoms with Gasteiger partial charge in [0.25, 0.3) is 5.91 Å². The number of hydrogen-bond acceptors (Lipinski definition) is 2. The van der Waals surface area contributed by atoms with Crippen LogP contribution in [0.1, 0.15) is 6.42 Å². The van der Waals surface area contributed by atoms with Crippen molar-refractivity contribution < 1.29 is 9.28 Å². The van der Waals surface area contributed by atoms with Gasteiger partial charge in [-0.2, -0.15) is 0 Å². The van der Waals surface area contributed by atoms with Crippen LogP contribution >= 0.6 is 0 Å². The van der Waals surface area contributed by atoms with E-state index in [1.807, 2.05) is 34.3 Å². The van der Waals surface area contributed by atoms with Gasteiger partial charge in [-0.15, -0.1) is 0 Å². The lowest BCUT2D eigenvalue weighted by atomic mass is 10.3. The van der Waals surface area contributed by atoms with E-state index in [0.29, 0.717) is 11.0 Å². The quantitative estimate of drug-likeness (QED) is 0.368. The molecule has 0 aromatic rings. The van der Waals surface area contributed by atoms with Crippen LogP contribution in [0.5, 0.6) is 0 Å². The molecule has 0 aliphatic rings. The van der Waals surface area contributed by atoms with Gasteiger partial charge in [-0.1, -0.05) is 6.58 Å². The summed E-state index contributed by atoms with van der Waals surface area (Å²) in [6, 6.07) is 0. The molecule has 0 aliphatic carbocycles. The summed E-state index contributed by atoms with van der Waals surface area (Å²) in [5, 5.41) is 2.94. The number of nitrogens with one attached hydrogen (secondary N) is 1. The number of quaternary nitrogens is 1. The molecule has 0 rings (SSSR count). The Kier molecular flexibility index (Phi) is 7.01. The first kappa shape index (κ1) is 15.1. The van der Waals surface area contributed by atoms with Crippen LogP contribution in [-0.2, 0) is 4.79 Å². The molecule has 16 heavy (non-hydrogen) atoms. The lowest BCUT2D eigenvalue weighted by molar-refractivity contribution is -0.876. The summed E-state index contributed by atoms with van der Waals surface area (Å²) in [7, 11) is 8.12. The predicted molar refractivity (Wildman–Crippen MR) is 68.2 cm³/mol. The fraction of sp³-hybridized carbons (Fsp3) is 0.750. The standard InChI is InChI=1S/C12H25N3O/c1-6-10-15(4,5)11-12(16)13-8-7-9-14(2)3/h6H,1,7-11H2,2-5H3/p+1. The Hall–Kier alpha value is -0.870. The second-order valence-corrected chi connectivity index (χ2v) is 5.07. The van der Waals surface area contributed by atoms with Crippen molar-refractivity contribution >= 4 is 5.91 Å². The Balaban J connectivity index is 3.69. The third kappa shape index (κ3) is 8.44. The molecule has 0 aromatic carbocycles. The fourth-order valence-electron chi connectivity index (χ4n) is 1.48. The van der Waals surface area contributed by atoms with Gasteiger partial charge in [0.05, 0.1) is 20.6 Å². The first-order valence-corrected chi connectivity index (χ1v) is 5.72. The van der Waals surface area contributed by atoms with E-state index in [0.717, 1.165) is 26.1 Å². The highest BCUT2D eigenvalue weighted by Gasteiger charge is 2.17. The van der Waals surface area contributed by atoms with Gasteiger partial charge in [0.15, 0.2) is 6.54 Å². The number of amides is 1. The van der Waals surface area contributed by atoms with Gasteiger partial charge >= 0.3 is 0 Å². The fourth-order valence-corrected chi connectivity index (χ4v) is 1.48. The molecule has 0 unspecified atom stereocenters. The van der Waals surface area contributed by atoms with Crippen molar-refractivity contribution in [2.75, 3.05) is 54.4 Å². The van der Waals surface area contributed by atoms with Gasteiger partial charge in [-0.25, -0.2) is 0 Å². The van der Waals surface area contributed by atoms with Crippen LogP contribution in [0.3, 0.4) is 0 Å². The van der Waals surface area contributed by atoms with E-state index >= 15 is 0 Å². The number of nitrogens with zero attached hydrogens (tertiary/aromatic N) is 2. The zero-order chi connectivity index (χ0) is 12.6. The minimum atomic E-state index is 0.116. The van der Waals surface area contributed by atoms with Crippen molar-refractivity contribution in [3.8, 4) is 0 Å². The summed E-state index contributed by atoms with van der Waals surface area (Å²) < 4.78 is 0.656. The number of rotatable bonds is 8. The molecule has 0 saturated heterocycles. The largest absolute Gasteiger partial charge is 0.351 e. The second kappa shape index (κ2) is 7.41. The lowest BCUT2D eigenvalue weighted by Crippen LogP contribution is -2.47. The van der Waals surface area contributed by atoms with Gasteiger partial charge in [-0.3, -0.25) is 4.79 Å². The van der Waals surface area contributed by atoms with Gasteiger partial charge in [-0.05, 0) is 33.1 Å². The Morgan fingerprint density at radius 3 is 2.56 bits per heavy atom. The smallest absolute Gasteiger partial charge is 0.275 e. The molecule has 0 atom stereocenters. The van der Waals surface area contributed by atoms with Gasteiger partial charge < -0.3 is 14.7 Å². The molecule has 4 nitrogen and oxygen atoms in total. The maximum absolute atomic E-state index is 11.6. The second-order valence-electron chi connectivity index (χ2n) is 5.07. The summed E-state index contributed by atoms with van der Waals surface area (Å²) in [5.74, 6) is 0.116. The molecule has 1 amide bonds. The molecule has 0 aromatic heterocycles. The molecular weight excluding hydrogens is 202 g/mol. The molecule has 4 heteroatoms. The van der Waals surface area contributed by atoms with Gasteiger partial charge in [0.1, 0.15) is 0 Å². The zero-order valence-corrected chi connectivity index (χ0v) is 11.1. The van der Waals surface area contributed by atoms with E-state index in [-0.39, 0.29) is 5.91 Å². The number of likely N-dealkylation sites (N-methyl/N-ethyl adjacent to an activating group) is 1. The third-order valence-electron chi connectivity index (χ3n) is 2.30. The van der Waals surface area contributed by atoms with Crippen molar-refractivity contribution in [2.24, 2.45) is 0 Å². The third-order valence-corrected chi connectivity index (χ3v) is 2.30. The zero-order valence-electron chi connectivity index (χ0n) is 11.1. The molecule has 0 heterocycles. The molecule has 0 aliphatic heterocycles. The van der Waals surface area contributed by atoms with Gasteiger partial charge in [0.2, 0.25) is 0 Å². The molecule has 0 bridgehead atoms. The molecule has 0 radical (unpaired) electrons. The molecule has 0 saturated carbocycles. The monoisotopic (exact) mass is 228 g/mol. The van der Waals surface area contributed by atoms with E-state index in [2.05, 4.69) is 16.8 Å². The van der Waals surface area contributed by atoms with E-state index in [1.54, 1.807) is 0 Å². The minimum absolute atomic E-state index is 0.116. The maximum Gasteiger partial charge on any atom is 0.275 e. The Bertz CT molecular complexity index is 224. The van der Waals surface area contributed by atoms with Crippen LogP contribution in [0.4, 0.5) is 0 Å². The number of carbonyl (C=O) groups is 1. The van der Waals surface area contributed by atoms with Crippen LogP contribution in [0.25, 0.3) is 0 Å². The van der Waals surface area contributed by atoms with E-state index in [1.165, 1.54) is 0 Å². The van der Waals surface area contributed by atoms with Crippen LogP contribution in [0, 0.1) is 0 Å². The van der Waals surface area contributed by atoms with E-state index < -0.39 is 0 Å². The first-order chi connectivity index (χ1) is 7.37. The minimum Gasteiger partial charge on any atom is -0.351 e. The average molecular weight is 228 g/mol. The summed E-state index contributed by atoms with van der Waals surface area (Å²) in [4.78, 5) is 13.7. The lowest BCUT2D eigenvalue weighted by Gasteiger charge is -2.27. The molecule has 0 spiro atoms. The van der Waals surface area contributed by atoms with Crippen LogP contribution in [0.2, 0.25) is 0 Å². The van der Waals surface area contributed by atoms with Crippen molar-refractivity contribution in [2.45, 2.75) is 6.42 Å². The van der Waals surface area contributed by atoms with Crippen molar-refractivity contribution in [1.29, 1.82) is 0 Å². The van der Waals surface area contributed by atoms with Gasteiger partial charge in [0, 0.05) is 6.54 Å². The Labute approximate surface area is 99.5 Å².